The highest BCUT2D eigenvalue weighted by molar-refractivity contribution is 7.17. The van der Waals surface area contributed by atoms with Gasteiger partial charge in [0.15, 0.2) is 5.13 Å². The van der Waals surface area contributed by atoms with Crippen LogP contribution in [0.2, 0.25) is 0 Å². The fourth-order valence-corrected chi connectivity index (χ4v) is 2.54. The second-order valence-electron chi connectivity index (χ2n) is 3.45. The van der Waals surface area contributed by atoms with E-state index in [1.165, 1.54) is 11.3 Å². The van der Waals surface area contributed by atoms with Gasteiger partial charge in [-0.25, -0.2) is 10.5 Å². The number of rotatable bonds is 2. The van der Waals surface area contributed by atoms with E-state index in [1.54, 1.807) is 12.4 Å². The number of hydrogen-bond acceptors (Lipinski definition) is 6. The molecule has 2 rings (SSSR count). The van der Waals surface area contributed by atoms with Gasteiger partial charge in [0.1, 0.15) is 4.88 Å². The molecule has 0 saturated carbocycles. The van der Waals surface area contributed by atoms with Crippen molar-refractivity contribution in [2.24, 2.45) is 0 Å². The number of nitrogens with one attached hydrogen (secondary N) is 1. The lowest BCUT2D eigenvalue weighted by Gasteiger charge is -2.25. The molecule has 1 fully saturated rings. The van der Waals surface area contributed by atoms with Gasteiger partial charge in [0.05, 0.1) is 18.9 Å². The van der Waals surface area contributed by atoms with Gasteiger partial charge >= 0.3 is 0 Å². The lowest BCUT2D eigenvalue weighted by molar-refractivity contribution is 0.0710. The van der Waals surface area contributed by atoms with Crippen molar-refractivity contribution in [1.82, 2.24) is 10.5 Å². The summed E-state index contributed by atoms with van der Waals surface area (Å²) in [4.78, 5) is 18.1. The van der Waals surface area contributed by atoms with Crippen molar-refractivity contribution in [3.63, 3.8) is 0 Å². The van der Waals surface area contributed by atoms with Gasteiger partial charge in [-0.05, 0) is 6.92 Å². The molecule has 7 heteroatoms. The summed E-state index contributed by atoms with van der Waals surface area (Å²) >= 11 is 1.29. The average Bonchev–Trinajstić information content (AvgIpc) is 2.71. The first kappa shape index (κ1) is 11.3. The van der Waals surface area contributed by atoms with Crippen LogP contribution in [0.1, 0.15) is 15.4 Å². The predicted molar refractivity (Wildman–Crippen MR) is 59.1 cm³/mol. The Morgan fingerprint density at radius 3 is 2.88 bits per heavy atom. The third-order valence-electron chi connectivity index (χ3n) is 2.37. The van der Waals surface area contributed by atoms with Crippen molar-refractivity contribution in [3.05, 3.63) is 10.6 Å². The molecule has 6 nitrogen and oxygen atoms in total. The van der Waals surface area contributed by atoms with Crippen molar-refractivity contribution in [3.8, 4) is 0 Å². The zero-order valence-electron chi connectivity index (χ0n) is 8.89. The maximum absolute atomic E-state index is 11.3. The quantitative estimate of drug-likeness (QED) is 0.581. The standard InChI is InChI=1S/C9H13N3O3S/c1-6-7(8(13)11-14)16-9(10-6)12-2-4-15-5-3-12/h14H,2-5H2,1H3,(H,11,13). The highest BCUT2D eigenvalue weighted by Gasteiger charge is 2.19. The van der Waals surface area contributed by atoms with Crippen molar-refractivity contribution >= 4 is 22.4 Å². The van der Waals surface area contributed by atoms with Crippen LogP contribution in [0.5, 0.6) is 0 Å². The predicted octanol–water partition coefficient (Wildman–Crippen LogP) is 0.407. The van der Waals surface area contributed by atoms with Crippen molar-refractivity contribution < 1.29 is 14.7 Å². The lowest BCUT2D eigenvalue weighted by Crippen LogP contribution is -2.36. The molecule has 0 spiro atoms. The molecular formula is C9H13N3O3S. The Morgan fingerprint density at radius 1 is 1.56 bits per heavy atom. The van der Waals surface area contributed by atoms with Crippen LogP contribution in [0.15, 0.2) is 0 Å². The second kappa shape index (κ2) is 4.77. The highest BCUT2D eigenvalue weighted by Crippen LogP contribution is 2.26. The molecule has 1 aromatic rings. The van der Waals surface area contributed by atoms with E-state index in [-0.39, 0.29) is 0 Å². The van der Waals surface area contributed by atoms with Gasteiger partial charge in [0.25, 0.3) is 5.91 Å². The molecule has 1 saturated heterocycles. The van der Waals surface area contributed by atoms with Crippen LogP contribution in [-0.2, 0) is 4.74 Å². The van der Waals surface area contributed by atoms with Crippen LogP contribution in [-0.4, -0.2) is 42.4 Å². The number of aryl methyl sites for hydroxylation is 1. The zero-order chi connectivity index (χ0) is 11.5. The lowest BCUT2D eigenvalue weighted by atomic mass is 10.4. The van der Waals surface area contributed by atoms with E-state index >= 15 is 0 Å². The fourth-order valence-electron chi connectivity index (χ4n) is 1.53. The minimum absolute atomic E-state index is 0.448. The number of carbonyl (C=O) groups is 1. The first-order valence-corrected chi connectivity index (χ1v) is 5.78. The van der Waals surface area contributed by atoms with Crippen LogP contribution in [0.3, 0.4) is 0 Å². The van der Waals surface area contributed by atoms with Gasteiger partial charge in [-0.3, -0.25) is 10.0 Å². The summed E-state index contributed by atoms with van der Waals surface area (Å²) in [6.45, 7) is 4.69. The zero-order valence-corrected chi connectivity index (χ0v) is 9.71. The van der Waals surface area contributed by atoms with E-state index in [0.29, 0.717) is 23.8 Å². The molecule has 1 aliphatic heterocycles. The number of anilines is 1. The molecular weight excluding hydrogens is 230 g/mol. The molecule has 0 radical (unpaired) electrons. The summed E-state index contributed by atoms with van der Waals surface area (Å²) in [6, 6.07) is 0. The third-order valence-corrected chi connectivity index (χ3v) is 3.59. The maximum atomic E-state index is 11.3. The number of thiazole rings is 1. The van der Waals surface area contributed by atoms with E-state index in [2.05, 4.69) is 9.88 Å². The Kier molecular flexibility index (Phi) is 3.37. The summed E-state index contributed by atoms with van der Waals surface area (Å²) in [5.41, 5.74) is 2.26. The van der Waals surface area contributed by atoms with Crippen LogP contribution in [0.4, 0.5) is 5.13 Å². The maximum Gasteiger partial charge on any atom is 0.286 e. The van der Waals surface area contributed by atoms with Crippen LogP contribution in [0.25, 0.3) is 0 Å². The second-order valence-corrected chi connectivity index (χ2v) is 4.43. The summed E-state index contributed by atoms with van der Waals surface area (Å²) in [7, 11) is 0. The highest BCUT2D eigenvalue weighted by atomic mass is 32.1. The van der Waals surface area contributed by atoms with E-state index in [1.807, 2.05) is 0 Å². The molecule has 0 unspecified atom stereocenters. The number of carbonyl (C=O) groups excluding carboxylic acids is 1. The summed E-state index contributed by atoms with van der Waals surface area (Å²) in [5, 5.41) is 9.38. The molecule has 1 amide bonds. The molecule has 0 aliphatic carbocycles. The minimum atomic E-state index is -0.505. The topological polar surface area (TPSA) is 74.7 Å². The summed E-state index contributed by atoms with van der Waals surface area (Å²) in [5.74, 6) is -0.505. The Bertz CT molecular complexity index is 387. The Hall–Kier alpha value is -1.18. The van der Waals surface area contributed by atoms with E-state index < -0.39 is 5.91 Å². The molecule has 0 aromatic carbocycles. The van der Waals surface area contributed by atoms with E-state index in [4.69, 9.17) is 9.94 Å². The first-order valence-electron chi connectivity index (χ1n) is 4.97. The SMILES string of the molecule is Cc1nc(N2CCOCC2)sc1C(=O)NO. The smallest absolute Gasteiger partial charge is 0.286 e. The van der Waals surface area contributed by atoms with Crippen LogP contribution >= 0.6 is 11.3 Å². The number of ether oxygens (including phenoxy) is 1. The van der Waals surface area contributed by atoms with Gasteiger partial charge < -0.3 is 9.64 Å². The average molecular weight is 243 g/mol. The minimum Gasteiger partial charge on any atom is -0.378 e. The van der Waals surface area contributed by atoms with Crippen LogP contribution in [0, 0.1) is 6.92 Å². The molecule has 2 N–H and O–H groups in total. The van der Waals surface area contributed by atoms with Crippen LogP contribution < -0.4 is 10.4 Å². The van der Waals surface area contributed by atoms with Gasteiger partial charge in [-0.2, -0.15) is 0 Å². The van der Waals surface area contributed by atoms with Crippen molar-refractivity contribution in [2.45, 2.75) is 6.92 Å². The molecule has 1 aromatic heterocycles. The Morgan fingerprint density at radius 2 is 2.25 bits per heavy atom. The monoisotopic (exact) mass is 243 g/mol. The van der Waals surface area contributed by atoms with Gasteiger partial charge in [-0.15, -0.1) is 0 Å². The number of morpholine rings is 1. The Labute approximate surface area is 96.8 Å². The molecule has 0 atom stereocenters. The first-order chi connectivity index (χ1) is 7.72. The summed E-state index contributed by atoms with van der Waals surface area (Å²) < 4.78 is 5.24. The van der Waals surface area contributed by atoms with Gasteiger partial charge in [0.2, 0.25) is 0 Å². The summed E-state index contributed by atoms with van der Waals surface area (Å²) in [6.07, 6.45) is 0. The Balaban J connectivity index is 2.19. The largest absolute Gasteiger partial charge is 0.378 e. The number of hydrogen-bond donors (Lipinski definition) is 2. The van der Waals surface area contributed by atoms with Gasteiger partial charge in [-0.1, -0.05) is 11.3 Å². The van der Waals surface area contributed by atoms with Crippen molar-refractivity contribution in [2.75, 3.05) is 31.2 Å². The van der Waals surface area contributed by atoms with E-state index in [0.717, 1.165) is 18.2 Å². The number of amides is 1. The fraction of sp³-hybridized carbons (Fsp3) is 0.556. The van der Waals surface area contributed by atoms with E-state index in [9.17, 15) is 4.79 Å². The number of nitrogens with zero attached hydrogens (tertiary/aromatic N) is 2. The molecule has 2 heterocycles. The molecule has 0 bridgehead atoms. The normalized spacial score (nSPS) is 16.2. The molecule has 1 aliphatic rings. The third kappa shape index (κ3) is 2.16. The number of hydroxylamine groups is 1. The van der Waals surface area contributed by atoms with Gasteiger partial charge in [0, 0.05) is 13.1 Å². The van der Waals surface area contributed by atoms with Crippen molar-refractivity contribution in [1.29, 1.82) is 0 Å². The number of aromatic nitrogens is 1. The molecule has 16 heavy (non-hydrogen) atoms. The molecule has 88 valence electrons.